The van der Waals surface area contributed by atoms with Crippen LogP contribution in [-0.2, 0) is 5.41 Å². The molecule has 21 heavy (non-hydrogen) atoms. The van der Waals surface area contributed by atoms with E-state index >= 15 is 0 Å². The van der Waals surface area contributed by atoms with Gasteiger partial charge in [-0.3, -0.25) is 0 Å². The van der Waals surface area contributed by atoms with E-state index in [2.05, 4.69) is 55.5 Å². The van der Waals surface area contributed by atoms with Crippen LogP contribution in [0.25, 0.3) is 0 Å². The Morgan fingerprint density at radius 3 is 2.19 bits per heavy atom. The molecule has 1 unspecified atom stereocenters. The molecule has 0 fully saturated rings. The van der Waals surface area contributed by atoms with Crippen molar-refractivity contribution in [1.29, 1.82) is 0 Å². The molecule has 108 valence electrons. The van der Waals surface area contributed by atoms with Crippen molar-refractivity contribution < 1.29 is 0 Å². The summed E-state index contributed by atoms with van der Waals surface area (Å²) in [5.74, 6) is 0.606. The Labute approximate surface area is 127 Å². The van der Waals surface area contributed by atoms with Gasteiger partial charge in [-0.05, 0) is 54.9 Å². The van der Waals surface area contributed by atoms with E-state index in [1.54, 1.807) is 22.3 Å². The van der Waals surface area contributed by atoms with Gasteiger partial charge >= 0.3 is 0 Å². The number of hydrogen-bond donors (Lipinski definition) is 1. The van der Waals surface area contributed by atoms with E-state index in [1.165, 1.54) is 19.3 Å². The Morgan fingerprint density at radius 2 is 1.62 bits per heavy atom. The molecule has 0 aliphatic heterocycles. The number of nitrogens with two attached hydrogens (primary N) is 1. The first-order valence-electron chi connectivity index (χ1n) is 8.17. The largest absolute Gasteiger partial charge is 0.328 e. The molecule has 3 aliphatic carbocycles. The van der Waals surface area contributed by atoms with Crippen LogP contribution in [0.4, 0.5) is 0 Å². The average molecular weight is 277 g/mol. The second-order valence-corrected chi connectivity index (χ2v) is 6.86. The second kappa shape index (κ2) is 4.71. The maximum absolute atomic E-state index is 6.08. The van der Waals surface area contributed by atoms with Crippen LogP contribution in [0, 0.1) is 0 Å². The predicted molar refractivity (Wildman–Crippen MR) is 87.6 cm³/mol. The second-order valence-electron chi connectivity index (χ2n) is 6.86. The predicted octanol–water partition coefficient (Wildman–Crippen LogP) is 4.34. The van der Waals surface area contributed by atoms with Crippen LogP contribution in [0.2, 0.25) is 0 Å². The van der Waals surface area contributed by atoms with Crippen LogP contribution in [-0.4, -0.2) is 6.04 Å². The monoisotopic (exact) mass is 277 g/mol. The molecule has 2 N–H and O–H groups in total. The van der Waals surface area contributed by atoms with Crippen LogP contribution >= 0.6 is 0 Å². The van der Waals surface area contributed by atoms with Crippen molar-refractivity contribution >= 4 is 0 Å². The highest BCUT2D eigenvalue weighted by Crippen LogP contribution is 2.57. The third-order valence-electron chi connectivity index (χ3n) is 5.59. The number of benzene rings is 2. The van der Waals surface area contributed by atoms with Crippen LogP contribution < -0.4 is 5.73 Å². The van der Waals surface area contributed by atoms with Crippen LogP contribution in [0.3, 0.4) is 0 Å². The summed E-state index contributed by atoms with van der Waals surface area (Å²) in [7, 11) is 0. The fourth-order valence-corrected chi connectivity index (χ4v) is 4.63. The maximum atomic E-state index is 6.08. The van der Waals surface area contributed by atoms with Crippen molar-refractivity contribution in [1.82, 2.24) is 0 Å². The fourth-order valence-electron chi connectivity index (χ4n) is 4.63. The molecular formula is C20H23N. The Hall–Kier alpha value is -1.60. The van der Waals surface area contributed by atoms with Crippen LogP contribution in [0.5, 0.6) is 0 Å². The zero-order valence-corrected chi connectivity index (χ0v) is 12.7. The molecule has 0 spiro atoms. The molecule has 2 bridgehead atoms. The van der Waals surface area contributed by atoms with Gasteiger partial charge in [0.25, 0.3) is 0 Å². The Morgan fingerprint density at radius 1 is 1.05 bits per heavy atom. The molecule has 1 nitrogen and oxygen atoms in total. The molecule has 0 saturated carbocycles. The van der Waals surface area contributed by atoms with Crippen molar-refractivity contribution in [3.05, 3.63) is 70.8 Å². The van der Waals surface area contributed by atoms with Gasteiger partial charge in [0.15, 0.2) is 0 Å². The standard InChI is InChI=1S/C20H23N/c1-14(21)10-12-20-13-11-15(16-6-2-4-8-18(16)20)17-7-3-5-9-19(17)20/h2-9,14-15H,10-13,21H2,1H3. The Kier molecular flexibility index (Phi) is 2.93. The van der Waals surface area contributed by atoms with Crippen molar-refractivity contribution in [3.63, 3.8) is 0 Å². The van der Waals surface area contributed by atoms with E-state index in [0.29, 0.717) is 5.92 Å². The molecule has 5 rings (SSSR count). The third kappa shape index (κ3) is 1.80. The van der Waals surface area contributed by atoms with Crippen molar-refractivity contribution in [2.75, 3.05) is 0 Å². The van der Waals surface area contributed by atoms with Gasteiger partial charge in [-0.15, -0.1) is 0 Å². The molecule has 2 aromatic carbocycles. The van der Waals surface area contributed by atoms with E-state index in [9.17, 15) is 0 Å². The molecule has 1 heteroatoms. The summed E-state index contributed by atoms with van der Waals surface area (Å²) < 4.78 is 0. The van der Waals surface area contributed by atoms with Crippen LogP contribution in [0.1, 0.15) is 60.8 Å². The minimum atomic E-state index is 0.204. The summed E-state index contributed by atoms with van der Waals surface area (Å²) in [6.07, 6.45) is 4.82. The third-order valence-corrected chi connectivity index (χ3v) is 5.59. The van der Waals surface area contributed by atoms with Crippen molar-refractivity contribution in [3.8, 4) is 0 Å². The Bertz CT molecular complexity index is 624. The normalized spacial score (nSPS) is 27.0. The van der Waals surface area contributed by atoms with Gasteiger partial charge in [0.1, 0.15) is 0 Å². The van der Waals surface area contributed by atoms with E-state index in [1.807, 2.05) is 0 Å². The summed E-state index contributed by atoms with van der Waals surface area (Å²) in [6.45, 7) is 2.13. The van der Waals surface area contributed by atoms with E-state index in [-0.39, 0.29) is 11.5 Å². The van der Waals surface area contributed by atoms with Gasteiger partial charge in [0.05, 0.1) is 0 Å². The molecule has 2 aromatic rings. The van der Waals surface area contributed by atoms with Gasteiger partial charge in [0, 0.05) is 17.4 Å². The molecule has 0 aromatic heterocycles. The van der Waals surface area contributed by atoms with Gasteiger partial charge in [-0.2, -0.15) is 0 Å². The van der Waals surface area contributed by atoms with E-state index in [4.69, 9.17) is 5.73 Å². The Balaban J connectivity index is 1.92. The molecule has 0 radical (unpaired) electrons. The smallest absolute Gasteiger partial charge is 0.0209 e. The zero-order chi connectivity index (χ0) is 14.4. The fraction of sp³-hybridized carbons (Fsp3) is 0.400. The molecule has 0 amide bonds. The van der Waals surface area contributed by atoms with Crippen molar-refractivity contribution in [2.45, 2.75) is 50.0 Å². The number of hydrogen-bond acceptors (Lipinski definition) is 1. The highest BCUT2D eigenvalue weighted by Gasteiger charge is 2.47. The first-order valence-corrected chi connectivity index (χ1v) is 8.17. The first kappa shape index (κ1) is 13.1. The first-order chi connectivity index (χ1) is 10.2. The number of rotatable bonds is 3. The summed E-state index contributed by atoms with van der Waals surface area (Å²) >= 11 is 0. The summed E-state index contributed by atoms with van der Waals surface area (Å²) in [6, 6.07) is 18.5. The van der Waals surface area contributed by atoms with Crippen molar-refractivity contribution in [2.24, 2.45) is 5.73 Å². The quantitative estimate of drug-likeness (QED) is 0.887. The lowest BCUT2D eigenvalue weighted by Crippen LogP contribution is -2.41. The minimum absolute atomic E-state index is 0.204. The lowest BCUT2D eigenvalue weighted by molar-refractivity contribution is 0.335. The number of fused-ring (bicyclic) bond motifs is 1. The van der Waals surface area contributed by atoms with E-state index in [0.717, 1.165) is 6.42 Å². The van der Waals surface area contributed by atoms with Gasteiger partial charge in [0.2, 0.25) is 0 Å². The highest BCUT2D eigenvalue weighted by atomic mass is 14.6. The zero-order valence-electron chi connectivity index (χ0n) is 12.7. The lowest BCUT2D eigenvalue weighted by atomic mass is 9.54. The van der Waals surface area contributed by atoms with Gasteiger partial charge < -0.3 is 5.73 Å². The van der Waals surface area contributed by atoms with Crippen LogP contribution in [0.15, 0.2) is 48.5 Å². The minimum Gasteiger partial charge on any atom is -0.328 e. The van der Waals surface area contributed by atoms with Gasteiger partial charge in [-0.1, -0.05) is 48.5 Å². The SMILES string of the molecule is CC(N)CCC12CCC(c3ccccc31)c1ccccc12. The maximum Gasteiger partial charge on any atom is 0.0209 e. The summed E-state index contributed by atoms with van der Waals surface area (Å²) in [4.78, 5) is 0. The average Bonchev–Trinajstić information content (AvgIpc) is 2.54. The molecule has 3 aliphatic rings. The molecular weight excluding hydrogens is 254 g/mol. The summed E-state index contributed by atoms with van der Waals surface area (Å²) in [5.41, 5.74) is 12.5. The molecule has 1 atom stereocenters. The van der Waals surface area contributed by atoms with E-state index < -0.39 is 0 Å². The molecule has 0 saturated heterocycles. The topological polar surface area (TPSA) is 26.0 Å². The lowest BCUT2D eigenvalue weighted by Gasteiger charge is -2.50. The summed E-state index contributed by atoms with van der Waals surface area (Å²) in [5, 5.41) is 0. The van der Waals surface area contributed by atoms with Gasteiger partial charge in [-0.25, -0.2) is 0 Å². The highest BCUT2D eigenvalue weighted by molar-refractivity contribution is 5.58. The molecule has 0 heterocycles.